The number of nitriles is 1. The molecule has 0 atom stereocenters. The van der Waals surface area contributed by atoms with Gasteiger partial charge < -0.3 is 0 Å². The van der Waals surface area contributed by atoms with Crippen molar-refractivity contribution in [3.05, 3.63) is 29.5 Å². The van der Waals surface area contributed by atoms with Crippen molar-refractivity contribution in [2.24, 2.45) is 0 Å². The maximum atomic E-state index is 11.3. The van der Waals surface area contributed by atoms with Gasteiger partial charge in [0, 0.05) is 18.5 Å². The van der Waals surface area contributed by atoms with Gasteiger partial charge in [0.1, 0.15) is 5.69 Å². The Morgan fingerprint density at radius 1 is 1.44 bits per heavy atom. The Morgan fingerprint density at radius 3 is 2.72 bits per heavy atom. The number of rotatable bonds is 4. The monoisotopic (exact) mass is 242 g/mol. The Kier molecular flexibility index (Phi) is 3.28. The largest absolute Gasteiger partial charge is 0.297 e. The Balaban J connectivity index is 2.69. The molecular formula is C13H14N4O. The summed E-state index contributed by atoms with van der Waals surface area (Å²) in [5.74, 6) is 0. The van der Waals surface area contributed by atoms with Crippen LogP contribution in [-0.4, -0.2) is 29.3 Å². The molecule has 0 amide bonds. The average molecular weight is 242 g/mol. The summed E-state index contributed by atoms with van der Waals surface area (Å²) < 4.78 is 0. The molecule has 0 aliphatic heterocycles. The van der Waals surface area contributed by atoms with E-state index in [1.54, 1.807) is 23.0 Å². The van der Waals surface area contributed by atoms with Gasteiger partial charge in [-0.05, 0) is 32.0 Å². The second kappa shape index (κ2) is 4.88. The number of nitrogens with zero attached hydrogens (tertiary/aromatic N) is 4. The molecule has 1 heterocycles. The third-order valence-corrected chi connectivity index (χ3v) is 2.93. The summed E-state index contributed by atoms with van der Waals surface area (Å²) in [6, 6.07) is 7.24. The van der Waals surface area contributed by atoms with Crippen LogP contribution in [-0.2, 0) is 0 Å². The first-order valence-corrected chi connectivity index (χ1v) is 5.88. The summed E-state index contributed by atoms with van der Waals surface area (Å²) in [6.07, 6.45) is 0.787. The van der Waals surface area contributed by atoms with Gasteiger partial charge in [0.2, 0.25) is 0 Å². The molecule has 0 aliphatic rings. The molecule has 0 saturated heterocycles. The molecule has 0 spiro atoms. The highest BCUT2D eigenvalue weighted by Gasteiger charge is 2.14. The van der Waals surface area contributed by atoms with Gasteiger partial charge >= 0.3 is 0 Å². The number of hydrogen-bond acceptors (Lipinski definition) is 4. The van der Waals surface area contributed by atoms with Crippen molar-refractivity contribution in [1.82, 2.24) is 9.89 Å². The normalized spacial score (nSPS) is 10.3. The first kappa shape index (κ1) is 12.1. The third kappa shape index (κ3) is 1.82. The van der Waals surface area contributed by atoms with Crippen molar-refractivity contribution in [2.75, 3.05) is 18.1 Å². The maximum absolute atomic E-state index is 11.3. The average Bonchev–Trinajstić information content (AvgIpc) is 2.77. The number of carbonyl (C=O) groups excluding carboxylic acids is 1. The summed E-state index contributed by atoms with van der Waals surface area (Å²) >= 11 is 0. The predicted molar refractivity (Wildman–Crippen MR) is 69.1 cm³/mol. The van der Waals surface area contributed by atoms with E-state index >= 15 is 0 Å². The van der Waals surface area contributed by atoms with E-state index < -0.39 is 0 Å². The molecule has 92 valence electrons. The second-order valence-electron chi connectivity index (χ2n) is 3.88. The molecule has 2 rings (SSSR count). The summed E-state index contributed by atoms with van der Waals surface area (Å²) in [5.41, 5.74) is 1.75. The van der Waals surface area contributed by atoms with Crippen LogP contribution in [0.15, 0.2) is 18.2 Å². The second-order valence-corrected chi connectivity index (χ2v) is 3.88. The maximum Gasteiger partial charge on any atom is 0.170 e. The van der Waals surface area contributed by atoms with Crippen LogP contribution in [0.2, 0.25) is 0 Å². The van der Waals surface area contributed by atoms with Gasteiger partial charge in [-0.3, -0.25) is 9.80 Å². The van der Waals surface area contributed by atoms with Gasteiger partial charge in [-0.2, -0.15) is 15.2 Å². The molecule has 18 heavy (non-hydrogen) atoms. The van der Waals surface area contributed by atoms with E-state index in [1.807, 2.05) is 18.9 Å². The van der Waals surface area contributed by atoms with Crippen LogP contribution in [0.25, 0.3) is 10.9 Å². The Labute approximate surface area is 105 Å². The van der Waals surface area contributed by atoms with E-state index in [9.17, 15) is 4.79 Å². The molecule has 0 N–H and O–H groups in total. The van der Waals surface area contributed by atoms with Crippen LogP contribution >= 0.6 is 0 Å². The number of carbonyl (C=O) groups is 1. The van der Waals surface area contributed by atoms with Crippen LogP contribution in [0.1, 0.15) is 29.9 Å². The van der Waals surface area contributed by atoms with Crippen LogP contribution in [0.4, 0.5) is 0 Å². The number of fused-ring (bicyclic) bond motifs is 1. The fourth-order valence-electron chi connectivity index (χ4n) is 1.98. The predicted octanol–water partition coefficient (Wildman–Crippen LogP) is 1.70. The molecule has 0 bridgehead atoms. The fourth-order valence-corrected chi connectivity index (χ4v) is 1.98. The van der Waals surface area contributed by atoms with Crippen molar-refractivity contribution in [1.29, 1.82) is 5.26 Å². The van der Waals surface area contributed by atoms with Crippen LogP contribution in [0.3, 0.4) is 0 Å². The van der Waals surface area contributed by atoms with Crippen molar-refractivity contribution < 1.29 is 4.79 Å². The number of benzene rings is 1. The van der Waals surface area contributed by atoms with Gasteiger partial charge in [0.15, 0.2) is 6.29 Å². The minimum atomic E-state index is 0.491. The highest BCUT2D eigenvalue weighted by Crippen LogP contribution is 2.19. The summed E-state index contributed by atoms with van der Waals surface area (Å²) in [5, 5.41) is 16.0. The van der Waals surface area contributed by atoms with E-state index in [0.717, 1.165) is 30.3 Å². The number of aromatic nitrogens is 2. The van der Waals surface area contributed by atoms with Crippen LogP contribution in [0, 0.1) is 11.3 Å². The zero-order valence-corrected chi connectivity index (χ0v) is 10.4. The smallest absolute Gasteiger partial charge is 0.170 e. The minimum absolute atomic E-state index is 0.491. The standard InChI is InChI=1S/C13H14N4O/c1-3-16(4-2)17-13(9-18)11-7-10(8-14)5-6-12(11)15-17/h5-7,9H,3-4H2,1-2H3. The summed E-state index contributed by atoms with van der Waals surface area (Å²) in [4.78, 5) is 12.9. The molecule has 0 saturated carbocycles. The lowest BCUT2D eigenvalue weighted by atomic mass is 10.1. The molecule has 0 radical (unpaired) electrons. The molecular weight excluding hydrogens is 228 g/mol. The third-order valence-electron chi connectivity index (χ3n) is 2.93. The SMILES string of the molecule is CCN(CC)n1nc2ccc(C#N)cc2c1C=O. The highest BCUT2D eigenvalue weighted by molar-refractivity contribution is 5.95. The molecule has 5 nitrogen and oxygen atoms in total. The number of hydrogen-bond donors (Lipinski definition) is 0. The quantitative estimate of drug-likeness (QED) is 0.765. The molecule has 1 aromatic carbocycles. The first-order chi connectivity index (χ1) is 8.74. The zero-order chi connectivity index (χ0) is 13.1. The topological polar surface area (TPSA) is 61.9 Å². The minimum Gasteiger partial charge on any atom is -0.297 e. The van der Waals surface area contributed by atoms with Crippen LogP contribution in [0.5, 0.6) is 0 Å². The lowest BCUT2D eigenvalue weighted by Crippen LogP contribution is -2.36. The zero-order valence-electron chi connectivity index (χ0n) is 10.4. The van der Waals surface area contributed by atoms with Gasteiger partial charge in [-0.15, -0.1) is 0 Å². The van der Waals surface area contributed by atoms with Crippen molar-refractivity contribution >= 4 is 17.2 Å². The van der Waals surface area contributed by atoms with Gasteiger partial charge in [-0.1, -0.05) is 0 Å². The molecule has 0 aliphatic carbocycles. The summed E-state index contributed by atoms with van der Waals surface area (Å²) in [6.45, 7) is 5.53. The molecule has 0 fully saturated rings. The van der Waals surface area contributed by atoms with Gasteiger partial charge in [-0.25, -0.2) is 0 Å². The van der Waals surface area contributed by atoms with E-state index in [-0.39, 0.29) is 0 Å². The Hall–Kier alpha value is -2.35. The lowest BCUT2D eigenvalue weighted by molar-refractivity contribution is 0.111. The van der Waals surface area contributed by atoms with Gasteiger partial charge in [0.05, 0.1) is 17.1 Å². The fraction of sp³-hybridized carbons (Fsp3) is 0.308. The first-order valence-electron chi connectivity index (χ1n) is 5.88. The molecule has 2 aromatic rings. The lowest BCUT2D eigenvalue weighted by Gasteiger charge is -2.21. The Morgan fingerprint density at radius 2 is 2.17 bits per heavy atom. The molecule has 5 heteroatoms. The van der Waals surface area contributed by atoms with Crippen molar-refractivity contribution in [3.8, 4) is 6.07 Å². The molecule has 0 unspecified atom stereocenters. The van der Waals surface area contributed by atoms with E-state index in [1.165, 1.54) is 0 Å². The Bertz CT molecular complexity index is 620. The van der Waals surface area contributed by atoms with Crippen molar-refractivity contribution in [2.45, 2.75) is 13.8 Å². The van der Waals surface area contributed by atoms with Gasteiger partial charge in [0.25, 0.3) is 0 Å². The highest BCUT2D eigenvalue weighted by atomic mass is 16.1. The molecule has 1 aromatic heterocycles. The van der Waals surface area contributed by atoms with Crippen molar-refractivity contribution in [3.63, 3.8) is 0 Å². The van der Waals surface area contributed by atoms with Crippen LogP contribution < -0.4 is 5.01 Å². The van der Waals surface area contributed by atoms with E-state index in [0.29, 0.717) is 11.3 Å². The van der Waals surface area contributed by atoms with E-state index in [4.69, 9.17) is 5.26 Å². The number of aldehydes is 1. The summed E-state index contributed by atoms with van der Waals surface area (Å²) in [7, 11) is 0. The van der Waals surface area contributed by atoms with E-state index in [2.05, 4.69) is 11.2 Å².